The predicted molar refractivity (Wildman–Crippen MR) is 147 cm³/mol. The number of urea groups is 1. The third-order valence-electron chi connectivity index (χ3n) is 5.76. The molecular weight excluding hydrogens is 474 g/mol. The molecule has 0 aliphatic rings. The molecule has 0 aliphatic carbocycles. The predicted octanol–water partition coefficient (Wildman–Crippen LogP) is 6.65. The Labute approximate surface area is 218 Å². The first-order chi connectivity index (χ1) is 16.9. The minimum absolute atomic E-state index is 0.0943. The molecule has 1 aromatic heterocycles. The van der Waals surface area contributed by atoms with Gasteiger partial charge in [-0.15, -0.1) is 0 Å². The topological polar surface area (TPSA) is 79.3 Å². The second-order valence-electron chi connectivity index (χ2n) is 10.5. The Morgan fingerprint density at radius 1 is 1.06 bits per heavy atom. The largest absolute Gasteiger partial charge is 0.322 e. The molecule has 0 radical (unpaired) electrons. The van der Waals surface area contributed by atoms with Gasteiger partial charge in [0.15, 0.2) is 0 Å². The number of anilines is 2. The van der Waals surface area contributed by atoms with E-state index in [1.54, 1.807) is 28.9 Å². The van der Waals surface area contributed by atoms with Gasteiger partial charge in [-0.05, 0) is 49.1 Å². The van der Waals surface area contributed by atoms with E-state index in [9.17, 15) is 9.59 Å². The number of hydrogen-bond donors (Lipinski definition) is 2. The normalized spacial score (nSPS) is 11.4. The summed E-state index contributed by atoms with van der Waals surface area (Å²) in [7, 11) is 0. The minimum atomic E-state index is -0.351. The number of nitrogens with zero attached hydrogens (tertiary/aromatic N) is 3. The van der Waals surface area contributed by atoms with Gasteiger partial charge in [0.1, 0.15) is 12.4 Å². The van der Waals surface area contributed by atoms with E-state index in [4.69, 9.17) is 16.7 Å². The van der Waals surface area contributed by atoms with Gasteiger partial charge in [0.25, 0.3) is 0 Å². The monoisotopic (exact) mass is 509 g/mol. The van der Waals surface area contributed by atoms with Crippen molar-refractivity contribution in [2.24, 2.45) is 5.92 Å². The molecule has 0 bridgehead atoms. The van der Waals surface area contributed by atoms with Crippen LogP contribution in [0.2, 0.25) is 5.02 Å². The van der Waals surface area contributed by atoms with E-state index in [-0.39, 0.29) is 23.9 Å². The summed E-state index contributed by atoms with van der Waals surface area (Å²) in [5.41, 5.74) is 3.16. The fourth-order valence-electron chi connectivity index (χ4n) is 3.61. The van der Waals surface area contributed by atoms with E-state index in [0.717, 1.165) is 23.4 Å². The van der Waals surface area contributed by atoms with Crippen molar-refractivity contribution in [3.05, 3.63) is 70.9 Å². The van der Waals surface area contributed by atoms with Crippen LogP contribution in [0, 0.1) is 12.8 Å². The Hall–Kier alpha value is -3.32. The van der Waals surface area contributed by atoms with Crippen LogP contribution in [0.4, 0.5) is 16.3 Å². The van der Waals surface area contributed by atoms with Gasteiger partial charge in [0, 0.05) is 28.7 Å². The van der Waals surface area contributed by atoms with Crippen molar-refractivity contribution in [1.29, 1.82) is 0 Å². The van der Waals surface area contributed by atoms with Crippen molar-refractivity contribution in [1.82, 2.24) is 14.7 Å². The van der Waals surface area contributed by atoms with E-state index in [1.165, 1.54) is 4.90 Å². The van der Waals surface area contributed by atoms with Gasteiger partial charge < -0.3 is 15.5 Å². The Balaban J connectivity index is 1.83. The summed E-state index contributed by atoms with van der Waals surface area (Å²) in [5.74, 6) is 0.653. The van der Waals surface area contributed by atoms with Crippen LogP contribution in [0.1, 0.15) is 52.3 Å². The highest BCUT2D eigenvalue weighted by Gasteiger charge is 2.23. The molecule has 192 valence electrons. The van der Waals surface area contributed by atoms with Gasteiger partial charge in [-0.2, -0.15) is 5.10 Å². The van der Waals surface area contributed by atoms with Crippen molar-refractivity contribution in [2.45, 2.75) is 53.4 Å². The van der Waals surface area contributed by atoms with Crippen molar-refractivity contribution in [3.8, 4) is 5.69 Å². The first-order valence-electron chi connectivity index (χ1n) is 12.2. The summed E-state index contributed by atoms with van der Waals surface area (Å²) in [6.45, 7) is 12.8. The SMILES string of the molecule is Cc1ccccc1-n1nc(C(C)(C)C)cc1NC(=O)CN(CCC(C)C)C(=O)Nc1cccc(Cl)c1. The van der Waals surface area contributed by atoms with Crippen LogP contribution in [-0.2, 0) is 10.2 Å². The first-order valence-corrected chi connectivity index (χ1v) is 12.6. The first kappa shape index (κ1) is 27.3. The van der Waals surface area contributed by atoms with Crippen LogP contribution < -0.4 is 10.6 Å². The molecule has 2 N–H and O–H groups in total. The fourth-order valence-corrected chi connectivity index (χ4v) is 3.80. The Bertz CT molecular complexity index is 1210. The third kappa shape index (κ3) is 7.34. The number of carbonyl (C=O) groups is 2. The lowest BCUT2D eigenvalue weighted by atomic mass is 9.92. The number of halogens is 1. The molecule has 0 fully saturated rings. The molecule has 1 heterocycles. The van der Waals surface area contributed by atoms with Crippen LogP contribution in [0.25, 0.3) is 5.69 Å². The minimum Gasteiger partial charge on any atom is -0.315 e. The maximum absolute atomic E-state index is 13.2. The van der Waals surface area contributed by atoms with Crippen LogP contribution in [0.3, 0.4) is 0 Å². The van der Waals surface area contributed by atoms with Crippen molar-refractivity contribution in [2.75, 3.05) is 23.7 Å². The molecule has 3 aromatic rings. The number of nitrogens with one attached hydrogen (secondary N) is 2. The standard InChI is InChI=1S/C28H36ClN5O2/c1-19(2)14-15-33(27(36)30-22-12-9-11-21(29)16-22)18-26(35)31-25-17-24(28(4,5)6)32-34(25)23-13-8-7-10-20(23)3/h7-13,16-17,19H,14-15,18H2,1-6H3,(H,30,36)(H,31,35). The number of aryl methyl sites for hydroxylation is 1. The number of amides is 3. The lowest BCUT2D eigenvalue weighted by molar-refractivity contribution is -0.116. The smallest absolute Gasteiger partial charge is 0.315 e. The molecule has 36 heavy (non-hydrogen) atoms. The molecule has 0 unspecified atom stereocenters. The van der Waals surface area contributed by atoms with Crippen molar-refractivity contribution >= 4 is 35.0 Å². The van der Waals surface area contributed by atoms with Gasteiger partial charge >= 0.3 is 6.03 Å². The summed E-state index contributed by atoms with van der Waals surface area (Å²) >= 11 is 6.06. The number of benzene rings is 2. The summed E-state index contributed by atoms with van der Waals surface area (Å²) in [6.07, 6.45) is 0.769. The number of carbonyl (C=O) groups excluding carboxylic acids is 2. The highest BCUT2D eigenvalue weighted by Crippen LogP contribution is 2.27. The zero-order valence-corrected chi connectivity index (χ0v) is 22.7. The second-order valence-corrected chi connectivity index (χ2v) is 10.9. The highest BCUT2D eigenvalue weighted by atomic mass is 35.5. The summed E-state index contributed by atoms with van der Waals surface area (Å²) in [5, 5.41) is 11.2. The Morgan fingerprint density at radius 2 is 1.78 bits per heavy atom. The lowest BCUT2D eigenvalue weighted by Gasteiger charge is -2.23. The maximum Gasteiger partial charge on any atom is 0.322 e. The Morgan fingerprint density at radius 3 is 2.42 bits per heavy atom. The second kappa shape index (κ2) is 11.6. The average molecular weight is 510 g/mol. The highest BCUT2D eigenvalue weighted by molar-refractivity contribution is 6.30. The average Bonchev–Trinajstić information content (AvgIpc) is 3.20. The number of rotatable bonds is 8. The van der Waals surface area contributed by atoms with E-state index in [2.05, 4.69) is 45.3 Å². The van der Waals surface area contributed by atoms with E-state index in [0.29, 0.717) is 29.0 Å². The van der Waals surface area contributed by atoms with Gasteiger partial charge in [-0.1, -0.05) is 70.5 Å². The molecule has 7 nitrogen and oxygen atoms in total. The van der Waals surface area contributed by atoms with Gasteiger partial charge in [0.2, 0.25) is 5.91 Å². The molecule has 3 rings (SSSR count). The van der Waals surface area contributed by atoms with Crippen LogP contribution in [0.5, 0.6) is 0 Å². The summed E-state index contributed by atoms with van der Waals surface area (Å²) < 4.78 is 1.76. The molecule has 0 saturated carbocycles. The molecular formula is C28H36ClN5O2. The van der Waals surface area contributed by atoms with Gasteiger partial charge in [-0.25, -0.2) is 9.48 Å². The molecule has 0 atom stereocenters. The molecule has 2 aromatic carbocycles. The van der Waals surface area contributed by atoms with E-state index in [1.807, 2.05) is 37.3 Å². The molecule has 0 aliphatic heterocycles. The van der Waals surface area contributed by atoms with Crippen molar-refractivity contribution < 1.29 is 9.59 Å². The lowest BCUT2D eigenvalue weighted by Crippen LogP contribution is -2.41. The third-order valence-corrected chi connectivity index (χ3v) is 6.00. The van der Waals surface area contributed by atoms with Crippen LogP contribution in [0.15, 0.2) is 54.6 Å². The van der Waals surface area contributed by atoms with Crippen molar-refractivity contribution in [3.63, 3.8) is 0 Å². The fraction of sp³-hybridized carbons (Fsp3) is 0.393. The van der Waals surface area contributed by atoms with Gasteiger partial charge in [0.05, 0.1) is 11.4 Å². The number of aromatic nitrogens is 2. The molecule has 8 heteroatoms. The molecule has 3 amide bonds. The zero-order valence-electron chi connectivity index (χ0n) is 21.9. The quantitative estimate of drug-likeness (QED) is 0.356. The van der Waals surface area contributed by atoms with E-state index >= 15 is 0 Å². The Kier molecular flexibility index (Phi) is 8.79. The maximum atomic E-state index is 13.2. The molecule has 0 spiro atoms. The van der Waals surface area contributed by atoms with E-state index < -0.39 is 0 Å². The number of para-hydroxylation sites is 1. The van der Waals surface area contributed by atoms with Crippen LogP contribution in [-0.4, -0.2) is 39.7 Å². The summed E-state index contributed by atoms with van der Waals surface area (Å²) in [6, 6.07) is 16.4. The summed E-state index contributed by atoms with van der Waals surface area (Å²) in [4.78, 5) is 27.8. The zero-order chi connectivity index (χ0) is 26.5. The number of hydrogen-bond acceptors (Lipinski definition) is 3. The van der Waals surface area contributed by atoms with Crippen LogP contribution >= 0.6 is 11.6 Å². The van der Waals surface area contributed by atoms with Gasteiger partial charge in [-0.3, -0.25) is 4.79 Å². The molecule has 0 saturated heterocycles.